The van der Waals surface area contributed by atoms with Gasteiger partial charge in [-0.2, -0.15) is 13.2 Å². The van der Waals surface area contributed by atoms with E-state index in [1.54, 1.807) is 0 Å². The molecule has 0 bridgehead atoms. The third-order valence-electron chi connectivity index (χ3n) is 4.37. The number of carbonyl (C=O) groups is 1. The third kappa shape index (κ3) is 3.82. The van der Waals surface area contributed by atoms with E-state index in [0.717, 1.165) is 23.1 Å². The summed E-state index contributed by atoms with van der Waals surface area (Å²) in [6.07, 6.45) is -4.70. The van der Waals surface area contributed by atoms with E-state index < -0.39 is 43.7 Å². The molecule has 0 aliphatic carbocycles. The van der Waals surface area contributed by atoms with Crippen LogP contribution in [0, 0.1) is 5.92 Å². The standard InChI is InChI=1S/C15H18F3NO4S/c1-10(11-4-3-7-19(9-11)14(20)21)24(22,23)13-6-2-5-12(8-13)15(16,17)18/h2,5-6,8,10-11H,3-4,7,9H2,1H3,(H,20,21). The van der Waals surface area contributed by atoms with Crippen LogP contribution < -0.4 is 0 Å². The first-order valence-corrected chi connectivity index (χ1v) is 8.97. The zero-order valence-electron chi connectivity index (χ0n) is 13.0. The molecule has 0 radical (unpaired) electrons. The molecule has 1 aromatic carbocycles. The number of benzene rings is 1. The Kier molecular flexibility index (Phi) is 5.12. The largest absolute Gasteiger partial charge is 0.465 e. The fourth-order valence-electron chi connectivity index (χ4n) is 2.88. The number of halogens is 3. The van der Waals surface area contributed by atoms with Gasteiger partial charge in [0.2, 0.25) is 0 Å². The first kappa shape index (κ1) is 18.6. The van der Waals surface area contributed by atoms with Crippen molar-refractivity contribution in [1.29, 1.82) is 0 Å². The van der Waals surface area contributed by atoms with Gasteiger partial charge in [0.1, 0.15) is 0 Å². The van der Waals surface area contributed by atoms with Crippen LogP contribution in [0.15, 0.2) is 29.2 Å². The van der Waals surface area contributed by atoms with Crippen molar-refractivity contribution in [3.8, 4) is 0 Å². The first-order chi connectivity index (χ1) is 11.0. The lowest BCUT2D eigenvalue weighted by molar-refractivity contribution is -0.137. The van der Waals surface area contributed by atoms with Crippen molar-refractivity contribution in [3.63, 3.8) is 0 Å². The zero-order valence-corrected chi connectivity index (χ0v) is 13.8. The Balaban J connectivity index is 2.28. The molecule has 1 amide bonds. The summed E-state index contributed by atoms with van der Waals surface area (Å²) in [5.41, 5.74) is -1.02. The van der Waals surface area contributed by atoms with E-state index in [9.17, 15) is 26.4 Å². The summed E-state index contributed by atoms with van der Waals surface area (Å²) in [5.74, 6) is -0.450. The monoisotopic (exact) mass is 365 g/mol. The maximum atomic E-state index is 12.8. The van der Waals surface area contributed by atoms with Gasteiger partial charge in [-0.05, 0) is 43.9 Å². The van der Waals surface area contributed by atoms with Crippen molar-refractivity contribution in [1.82, 2.24) is 4.90 Å². The molecule has 2 atom stereocenters. The number of amides is 1. The summed E-state index contributed by atoms with van der Waals surface area (Å²) >= 11 is 0. The van der Waals surface area contributed by atoms with Crippen molar-refractivity contribution >= 4 is 15.9 Å². The topological polar surface area (TPSA) is 74.7 Å². The quantitative estimate of drug-likeness (QED) is 0.892. The van der Waals surface area contributed by atoms with Crippen LogP contribution in [-0.4, -0.2) is 42.9 Å². The van der Waals surface area contributed by atoms with Crippen molar-refractivity contribution in [2.75, 3.05) is 13.1 Å². The number of sulfone groups is 1. The van der Waals surface area contributed by atoms with E-state index in [-0.39, 0.29) is 6.54 Å². The van der Waals surface area contributed by atoms with Crippen LogP contribution in [0.25, 0.3) is 0 Å². The molecule has 1 saturated heterocycles. The molecule has 0 aromatic heterocycles. The minimum absolute atomic E-state index is 0.0642. The molecule has 2 unspecified atom stereocenters. The highest BCUT2D eigenvalue weighted by molar-refractivity contribution is 7.92. The van der Waals surface area contributed by atoms with E-state index in [4.69, 9.17) is 5.11 Å². The highest BCUT2D eigenvalue weighted by Gasteiger charge is 2.37. The van der Waals surface area contributed by atoms with Crippen LogP contribution in [0.1, 0.15) is 25.3 Å². The predicted molar refractivity (Wildman–Crippen MR) is 80.4 cm³/mol. The lowest BCUT2D eigenvalue weighted by Gasteiger charge is -2.33. The SMILES string of the molecule is CC(C1CCCN(C(=O)O)C1)S(=O)(=O)c1cccc(C(F)(F)F)c1. The Labute approximate surface area is 138 Å². The summed E-state index contributed by atoms with van der Waals surface area (Å²) in [4.78, 5) is 11.8. The van der Waals surface area contributed by atoms with Gasteiger partial charge in [-0.25, -0.2) is 13.2 Å². The molecule has 1 fully saturated rings. The molecule has 1 aliphatic heterocycles. The molecular formula is C15H18F3NO4S. The molecule has 1 aliphatic rings. The molecular weight excluding hydrogens is 347 g/mol. The number of piperidine rings is 1. The first-order valence-electron chi connectivity index (χ1n) is 7.42. The van der Waals surface area contributed by atoms with Crippen molar-refractivity contribution < 1.29 is 31.5 Å². The smallest absolute Gasteiger partial charge is 0.416 e. The highest BCUT2D eigenvalue weighted by atomic mass is 32.2. The zero-order chi connectivity index (χ0) is 18.1. The summed E-state index contributed by atoms with van der Waals surface area (Å²) < 4.78 is 63.7. The Morgan fingerprint density at radius 3 is 2.62 bits per heavy atom. The van der Waals surface area contributed by atoms with Crippen LogP contribution in [0.2, 0.25) is 0 Å². The van der Waals surface area contributed by atoms with Gasteiger partial charge in [0.05, 0.1) is 15.7 Å². The van der Waals surface area contributed by atoms with Gasteiger partial charge in [0.15, 0.2) is 9.84 Å². The van der Waals surface area contributed by atoms with E-state index in [1.807, 2.05) is 0 Å². The van der Waals surface area contributed by atoms with Gasteiger partial charge in [0, 0.05) is 13.1 Å². The highest BCUT2D eigenvalue weighted by Crippen LogP contribution is 2.33. The van der Waals surface area contributed by atoms with Gasteiger partial charge < -0.3 is 10.0 Å². The number of likely N-dealkylation sites (tertiary alicyclic amines) is 1. The summed E-state index contributed by atoms with van der Waals surface area (Å²) in [7, 11) is -3.99. The maximum absolute atomic E-state index is 12.8. The lowest BCUT2D eigenvalue weighted by atomic mass is 9.95. The van der Waals surface area contributed by atoms with Gasteiger partial charge in [-0.1, -0.05) is 6.07 Å². The molecule has 1 N–H and O–H groups in total. The molecule has 24 heavy (non-hydrogen) atoms. The van der Waals surface area contributed by atoms with Crippen LogP contribution in [0.5, 0.6) is 0 Å². The Morgan fingerprint density at radius 2 is 2.04 bits per heavy atom. The Bertz CT molecular complexity index is 718. The minimum atomic E-state index is -4.63. The van der Waals surface area contributed by atoms with Gasteiger partial charge in [-0.3, -0.25) is 0 Å². The normalized spacial score (nSPS) is 20.7. The van der Waals surface area contributed by atoms with Gasteiger partial charge in [-0.15, -0.1) is 0 Å². The summed E-state index contributed by atoms with van der Waals surface area (Å²) in [6.45, 7) is 1.82. The van der Waals surface area contributed by atoms with Crippen molar-refractivity contribution in [2.24, 2.45) is 5.92 Å². The average Bonchev–Trinajstić information content (AvgIpc) is 2.53. The second-order valence-corrected chi connectivity index (χ2v) is 8.21. The number of hydrogen-bond acceptors (Lipinski definition) is 3. The van der Waals surface area contributed by atoms with E-state index in [1.165, 1.54) is 6.92 Å². The van der Waals surface area contributed by atoms with Crippen LogP contribution >= 0.6 is 0 Å². The third-order valence-corrected chi connectivity index (χ3v) is 6.65. The molecule has 0 saturated carbocycles. The molecule has 0 spiro atoms. The van der Waals surface area contributed by atoms with Gasteiger partial charge in [0.25, 0.3) is 0 Å². The summed E-state index contributed by atoms with van der Waals surface area (Å²) in [5, 5.41) is 8.07. The second-order valence-electron chi connectivity index (χ2n) is 5.91. The van der Waals surface area contributed by atoms with Crippen LogP contribution in [0.3, 0.4) is 0 Å². The molecule has 1 aromatic rings. The number of rotatable bonds is 3. The number of nitrogens with zero attached hydrogens (tertiary/aromatic N) is 1. The molecule has 1 heterocycles. The van der Waals surface area contributed by atoms with E-state index in [0.29, 0.717) is 25.5 Å². The number of alkyl halides is 3. The second kappa shape index (κ2) is 6.62. The molecule has 134 valence electrons. The van der Waals surface area contributed by atoms with E-state index >= 15 is 0 Å². The Morgan fingerprint density at radius 1 is 1.38 bits per heavy atom. The fourth-order valence-corrected chi connectivity index (χ4v) is 4.60. The number of carboxylic acid groups (broad SMARTS) is 1. The van der Waals surface area contributed by atoms with Crippen molar-refractivity contribution in [3.05, 3.63) is 29.8 Å². The van der Waals surface area contributed by atoms with E-state index in [2.05, 4.69) is 0 Å². The van der Waals surface area contributed by atoms with Crippen molar-refractivity contribution in [2.45, 2.75) is 36.1 Å². The lowest BCUT2D eigenvalue weighted by Crippen LogP contribution is -2.44. The van der Waals surface area contributed by atoms with Crippen LogP contribution in [-0.2, 0) is 16.0 Å². The molecule has 2 rings (SSSR count). The molecule has 9 heteroatoms. The maximum Gasteiger partial charge on any atom is 0.416 e. The number of hydrogen-bond donors (Lipinski definition) is 1. The predicted octanol–water partition coefficient (Wildman–Crippen LogP) is 3.26. The average molecular weight is 365 g/mol. The summed E-state index contributed by atoms with van der Waals surface area (Å²) in [6, 6.07) is 3.64. The van der Waals surface area contributed by atoms with Crippen LogP contribution in [0.4, 0.5) is 18.0 Å². The van der Waals surface area contributed by atoms with Gasteiger partial charge >= 0.3 is 12.3 Å². The Hall–Kier alpha value is -1.77. The minimum Gasteiger partial charge on any atom is -0.465 e. The fraction of sp³-hybridized carbons (Fsp3) is 0.533. The molecule has 5 nitrogen and oxygen atoms in total.